The van der Waals surface area contributed by atoms with Crippen molar-refractivity contribution in [2.45, 2.75) is 45.6 Å². The van der Waals surface area contributed by atoms with Crippen LogP contribution in [0.4, 0.5) is 0 Å². The fourth-order valence-corrected chi connectivity index (χ4v) is 4.13. The van der Waals surface area contributed by atoms with Crippen LogP contribution in [0.5, 0.6) is 5.75 Å². The summed E-state index contributed by atoms with van der Waals surface area (Å²) in [7, 11) is 0. The van der Waals surface area contributed by atoms with Crippen molar-refractivity contribution in [2.75, 3.05) is 6.61 Å². The van der Waals surface area contributed by atoms with Gasteiger partial charge in [0, 0.05) is 35.5 Å². The van der Waals surface area contributed by atoms with Gasteiger partial charge in [0.05, 0.1) is 6.61 Å². The predicted molar refractivity (Wildman–Crippen MR) is 152 cm³/mol. The van der Waals surface area contributed by atoms with Crippen LogP contribution < -0.4 is 10.1 Å². The molecule has 1 atom stereocenters. The molecule has 0 aliphatic carbocycles. The summed E-state index contributed by atoms with van der Waals surface area (Å²) in [6.45, 7) is 8.85. The number of aromatic nitrogens is 2. The van der Waals surface area contributed by atoms with Crippen LogP contribution in [0, 0.1) is 0 Å². The van der Waals surface area contributed by atoms with Crippen molar-refractivity contribution in [1.29, 1.82) is 0 Å². The molecule has 0 aliphatic rings. The van der Waals surface area contributed by atoms with E-state index in [2.05, 4.69) is 36.1 Å². The summed E-state index contributed by atoms with van der Waals surface area (Å²) in [6.07, 6.45) is 3.70. The van der Waals surface area contributed by atoms with Crippen molar-refractivity contribution < 1.29 is 19.4 Å². The van der Waals surface area contributed by atoms with Crippen LogP contribution in [-0.2, 0) is 16.6 Å². The highest BCUT2D eigenvalue weighted by molar-refractivity contribution is 5.96. The molecule has 0 saturated carbocycles. The van der Waals surface area contributed by atoms with Gasteiger partial charge in [0.2, 0.25) is 0 Å². The maximum atomic E-state index is 12.7. The first kappa shape index (κ1) is 27.5. The number of carboxylic acid groups (broad SMARTS) is 1. The van der Waals surface area contributed by atoms with E-state index in [1.165, 1.54) is 0 Å². The van der Waals surface area contributed by atoms with Crippen molar-refractivity contribution in [3.8, 4) is 28.3 Å². The monoisotopic (exact) mass is 523 g/mol. The van der Waals surface area contributed by atoms with Crippen molar-refractivity contribution in [3.05, 3.63) is 102 Å². The van der Waals surface area contributed by atoms with E-state index < -0.39 is 17.9 Å². The van der Waals surface area contributed by atoms with Crippen molar-refractivity contribution in [3.63, 3.8) is 0 Å². The molecule has 7 heteroatoms. The first-order valence-corrected chi connectivity index (χ1v) is 12.9. The molecule has 0 aliphatic heterocycles. The summed E-state index contributed by atoms with van der Waals surface area (Å²) in [4.78, 5) is 33.6. The lowest BCUT2D eigenvalue weighted by Gasteiger charge is -2.19. The minimum Gasteiger partial charge on any atom is -0.494 e. The number of carbonyl (C=O) groups excluding carboxylic acids is 1. The number of carboxylic acids is 1. The standard InChI is InChI=1S/C32H33N3O4/c1-5-39-27-16-12-22(13-17-27)25-19-33-29(34-20-25)23-8-6-21(7-9-23)18-28(31(37)38)35-30(36)24-10-14-26(15-11-24)32(2,3)4/h6-17,19-20,28H,5,18H2,1-4H3,(H,35,36)(H,37,38). The molecule has 1 heterocycles. The molecule has 1 unspecified atom stereocenters. The Morgan fingerprint density at radius 2 is 1.44 bits per heavy atom. The fraction of sp³-hybridized carbons (Fsp3) is 0.250. The third kappa shape index (κ3) is 7.08. The minimum absolute atomic E-state index is 0.0337. The zero-order valence-corrected chi connectivity index (χ0v) is 22.6. The molecule has 1 amide bonds. The van der Waals surface area contributed by atoms with Crippen LogP contribution in [0.2, 0.25) is 0 Å². The molecule has 2 N–H and O–H groups in total. The molecule has 0 radical (unpaired) electrons. The topological polar surface area (TPSA) is 101 Å². The highest BCUT2D eigenvalue weighted by Crippen LogP contribution is 2.24. The second-order valence-electron chi connectivity index (χ2n) is 10.3. The summed E-state index contributed by atoms with van der Waals surface area (Å²) in [5.41, 5.74) is 4.97. The highest BCUT2D eigenvalue weighted by Gasteiger charge is 2.22. The Morgan fingerprint density at radius 3 is 1.97 bits per heavy atom. The maximum Gasteiger partial charge on any atom is 0.326 e. The first-order chi connectivity index (χ1) is 18.6. The van der Waals surface area contributed by atoms with E-state index in [0.717, 1.165) is 33.6 Å². The fourth-order valence-electron chi connectivity index (χ4n) is 4.13. The number of nitrogens with one attached hydrogen (secondary N) is 1. The second-order valence-corrected chi connectivity index (χ2v) is 10.3. The molecule has 7 nitrogen and oxygen atoms in total. The third-order valence-corrected chi connectivity index (χ3v) is 6.42. The number of ether oxygens (including phenoxy) is 1. The predicted octanol–water partition coefficient (Wildman–Crippen LogP) is 5.93. The van der Waals surface area contributed by atoms with Crippen molar-refractivity contribution in [1.82, 2.24) is 15.3 Å². The van der Waals surface area contributed by atoms with Gasteiger partial charge in [-0.25, -0.2) is 14.8 Å². The molecular weight excluding hydrogens is 490 g/mol. The zero-order valence-electron chi connectivity index (χ0n) is 22.6. The minimum atomic E-state index is -1.09. The van der Waals surface area contributed by atoms with Gasteiger partial charge in [0.25, 0.3) is 5.91 Å². The van der Waals surface area contributed by atoms with Gasteiger partial charge in [-0.1, -0.05) is 69.3 Å². The van der Waals surface area contributed by atoms with Gasteiger partial charge in [-0.05, 0) is 53.3 Å². The van der Waals surface area contributed by atoms with Crippen LogP contribution in [0.15, 0.2) is 85.2 Å². The molecule has 4 rings (SSSR count). The zero-order chi connectivity index (χ0) is 28.0. The lowest BCUT2D eigenvalue weighted by molar-refractivity contribution is -0.139. The van der Waals surface area contributed by atoms with Crippen molar-refractivity contribution >= 4 is 11.9 Å². The molecule has 0 fully saturated rings. The van der Waals surface area contributed by atoms with Gasteiger partial charge in [-0.15, -0.1) is 0 Å². The van der Waals surface area contributed by atoms with Gasteiger partial charge < -0.3 is 15.2 Å². The number of nitrogens with zero attached hydrogens (tertiary/aromatic N) is 2. The van der Waals surface area contributed by atoms with Crippen molar-refractivity contribution in [2.24, 2.45) is 0 Å². The quantitative estimate of drug-likeness (QED) is 0.282. The maximum absolute atomic E-state index is 12.7. The Hall–Kier alpha value is -4.52. The summed E-state index contributed by atoms with van der Waals surface area (Å²) in [5.74, 6) is -0.121. The van der Waals surface area contributed by atoms with E-state index in [4.69, 9.17) is 4.74 Å². The summed E-state index contributed by atoms with van der Waals surface area (Å²) in [5, 5.41) is 12.4. The number of hydrogen-bond donors (Lipinski definition) is 2. The Kier molecular flexibility index (Phi) is 8.39. The Bertz CT molecular complexity index is 1410. The Labute approximate surface area is 228 Å². The normalized spacial score (nSPS) is 12.0. The van der Waals surface area contributed by atoms with Gasteiger partial charge in [-0.3, -0.25) is 4.79 Å². The van der Waals surface area contributed by atoms with Crippen LogP contribution in [-0.4, -0.2) is 39.6 Å². The van der Waals surface area contributed by atoms with Gasteiger partial charge in [0.15, 0.2) is 5.82 Å². The lowest BCUT2D eigenvalue weighted by atomic mass is 9.86. The molecule has 0 spiro atoms. The van der Waals surface area contributed by atoms with E-state index >= 15 is 0 Å². The molecule has 39 heavy (non-hydrogen) atoms. The highest BCUT2D eigenvalue weighted by atomic mass is 16.5. The van der Waals surface area contributed by atoms with Crippen LogP contribution >= 0.6 is 0 Å². The van der Waals surface area contributed by atoms with Gasteiger partial charge >= 0.3 is 5.97 Å². The Morgan fingerprint density at radius 1 is 0.846 bits per heavy atom. The van der Waals surface area contributed by atoms with E-state index in [-0.39, 0.29) is 11.8 Å². The van der Waals surface area contributed by atoms with Crippen LogP contribution in [0.25, 0.3) is 22.5 Å². The largest absolute Gasteiger partial charge is 0.494 e. The molecule has 3 aromatic carbocycles. The molecule has 0 bridgehead atoms. The average molecular weight is 524 g/mol. The third-order valence-electron chi connectivity index (χ3n) is 6.42. The lowest BCUT2D eigenvalue weighted by Crippen LogP contribution is -2.42. The summed E-state index contributed by atoms with van der Waals surface area (Å²) >= 11 is 0. The van der Waals surface area contributed by atoms with E-state index in [9.17, 15) is 14.7 Å². The molecule has 1 aromatic heterocycles. The molecule has 4 aromatic rings. The van der Waals surface area contributed by atoms with Crippen LogP contribution in [0.1, 0.15) is 49.2 Å². The molecular formula is C32H33N3O4. The van der Waals surface area contributed by atoms with E-state index in [0.29, 0.717) is 18.0 Å². The van der Waals surface area contributed by atoms with Gasteiger partial charge in [0.1, 0.15) is 11.8 Å². The summed E-state index contributed by atoms with van der Waals surface area (Å²) in [6, 6.07) is 21.3. The number of amides is 1. The molecule has 0 saturated heterocycles. The number of aliphatic carboxylic acids is 1. The van der Waals surface area contributed by atoms with E-state index in [1.54, 1.807) is 24.5 Å². The second kappa shape index (κ2) is 11.9. The smallest absolute Gasteiger partial charge is 0.326 e. The number of benzene rings is 3. The van der Waals surface area contributed by atoms with E-state index in [1.807, 2.05) is 67.6 Å². The Balaban J connectivity index is 1.40. The number of rotatable bonds is 9. The first-order valence-electron chi connectivity index (χ1n) is 12.9. The van der Waals surface area contributed by atoms with Crippen LogP contribution in [0.3, 0.4) is 0 Å². The summed E-state index contributed by atoms with van der Waals surface area (Å²) < 4.78 is 5.49. The molecule has 200 valence electrons. The van der Waals surface area contributed by atoms with Gasteiger partial charge in [-0.2, -0.15) is 0 Å². The SMILES string of the molecule is CCOc1ccc(-c2cnc(-c3ccc(CC(NC(=O)c4ccc(C(C)(C)C)cc4)C(=O)O)cc3)nc2)cc1. The number of carbonyl (C=O) groups is 2. The number of hydrogen-bond acceptors (Lipinski definition) is 5. The average Bonchev–Trinajstić information content (AvgIpc) is 2.93.